The minimum atomic E-state index is 0. The van der Waals surface area contributed by atoms with E-state index in [0.29, 0.717) is 0 Å². The van der Waals surface area contributed by atoms with Crippen molar-refractivity contribution >= 4 is 23.4 Å². The van der Waals surface area contributed by atoms with Crippen LogP contribution in [0.2, 0.25) is 0 Å². The van der Waals surface area contributed by atoms with Crippen molar-refractivity contribution < 1.29 is 4.42 Å². The first-order valence-electron chi connectivity index (χ1n) is 5.24. The van der Waals surface area contributed by atoms with Crippen molar-refractivity contribution in [2.75, 3.05) is 0 Å². The molecule has 2 heterocycles. The summed E-state index contributed by atoms with van der Waals surface area (Å²) in [5.74, 6) is 2.08. The second-order valence-electron chi connectivity index (χ2n) is 4.11. The van der Waals surface area contributed by atoms with Crippen molar-refractivity contribution in [3.63, 3.8) is 0 Å². The maximum absolute atomic E-state index is 5.71. The fraction of sp³-hybridized carbons (Fsp3) is 0.417. The van der Waals surface area contributed by atoms with Crippen LogP contribution in [0.1, 0.15) is 25.0 Å². The molecular formula is C12H14ClNO. The molecule has 2 aromatic rings. The Kier molecular flexibility index (Phi) is 2.96. The molecule has 1 aliphatic carbocycles. The van der Waals surface area contributed by atoms with Crippen LogP contribution in [-0.4, -0.2) is 4.98 Å². The van der Waals surface area contributed by atoms with E-state index in [1.165, 1.54) is 19.3 Å². The molecule has 15 heavy (non-hydrogen) atoms. The number of rotatable bonds is 3. The predicted octanol–water partition coefficient (Wildman–Crippen LogP) is 3.59. The molecule has 2 nitrogen and oxygen atoms in total. The molecule has 0 N–H and O–H groups in total. The van der Waals surface area contributed by atoms with Crippen LogP contribution in [0.25, 0.3) is 11.0 Å². The summed E-state index contributed by atoms with van der Waals surface area (Å²) >= 11 is 0. The Labute approximate surface area is 95.1 Å². The van der Waals surface area contributed by atoms with Gasteiger partial charge >= 0.3 is 0 Å². The number of hydrogen-bond donors (Lipinski definition) is 0. The molecule has 0 amide bonds. The lowest BCUT2D eigenvalue weighted by Gasteiger charge is -1.92. The normalized spacial score (nSPS) is 15.2. The summed E-state index contributed by atoms with van der Waals surface area (Å²) < 4.78 is 5.71. The Bertz CT molecular complexity index is 415. The first kappa shape index (κ1) is 10.5. The number of hydrogen-bond acceptors (Lipinski definition) is 2. The van der Waals surface area contributed by atoms with Gasteiger partial charge in [0.05, 0.1) is 0 Å². The van der Waals surface area contributed by atoms with Gasteiger partial charge in [0.2, 0.25) is 0 Å². The number of halogens is 1. The maximum atomic E-state index is 5.71. The molecule has 0 aromatic carbocycles. The van der Waals surface area contributed by atoms with Crippen LogP contribution in [0.15, 0.2) is 28.9 Å². The Morgan fingerprint density at radius 2 is 2.27 bits per heavy atom. The minimum absolute atomic E-state index is 0. The summed E-state index contributed by atoms with van der Waals surface area (Å²) in [5.41, 5.74) is 0.964. The molecule has 1 aliphatic rings. The number of pyridine rings is 1. The Morgan fingerprint density at radius 1 is 1.40 bits per heavy atom. The van der Waals surface area contributed by atoms with Crippen molar-refractivity contribution in [2.24, 2.45) is 5.92 Å². The molecule has 0 aliphatic heterocycles. The van der Waals surface area contributed by atoms with E-state index in [2.05, 4.69) is 11.1 Å². The zero-order chi connectivity index (χ0) is 9.38. The standard InChI is InChI=1S/C12H13NO.ClH/c1-2-9(1)3-4-11-7-10-8-13-6-5-12(10)14-11;/h5-9H,1-4H2;1H. The van der Waals surface area contributed by atoms with Gasteiger partial charge in [-0.25, -0.2) is 0 Å². The first-order chi connectivity index (χ1) is 6.92. The van der Waals surface area contributed by atoms with Crippen molar-refractivity contribution in [3.05, 3.63) is 30.3 Å². The van der Waals surface area contributed by atoms with Gasteiger partial charge in [-0.1, -0.05) is 12.8 Å². The molecule has 1 saturated carbocycles. The average Bonchev–Trinajstić information content (AvgIpc) is 2.94. The molecule has 2 aromatic heterocycles. The van der Waals surface area contributed by atoms with Crippen molar-refractivity contribution in [1.82, 2.24) is 4.98 Å². The zero-order valence-corrected chi connectivity index (χ0v) is 9.30. The minimum Gasteiger partial charge on any atom is -0.461 e. The quantitative estimate of drug-likeness (QED) is 0.795. The van der Waals surface area contributed by atoms with Crippen LogP contribution in [-0.2, 0) is 6.42 Å². The van der Waals surface area contributed by atoms with Crippen molar-refractivity contribution in [1.29, 1.82) is 0 Å². The summed E-state index contributed by atoms with van der Waals surface area (Å²) in [6.45, 7) is 0. The van der Waals surface area contributed by atoms with Crippen molar-refractivity contribution in [3.8, 4) is 0 Å². The van der Waals surface area contributed by atoms with E-state index in [9.17, 15) is 0 Å². The Hall–Kier alpha value is -1.02. The highest BCUT2D eigenvalue weighted by atomic mass is 35.5. The topological polar surface area (TPSA) is 26.0 Å². The lowest BCUT2D eigenvalue weighted by Crippen LogP contribution is -1.82. The van der Waals surface area contributed by atoms with Crippen LogP contribution in [0.3, 0.4) is 0 Å². The van der Waals surface area contributed by atoms with Crippen LogP contribution < -0.4 is 0 Å². The summed E-state index contributed by atoms with van der Waals surface area (Å²) in [4.78, 5) is 4.07. The highest BCUT2D eigenvalue weighted by Crippen LogP contribution is 2.34. The van der Waals surface area contributed by atoms with E-state index in [-0.39, 0.29) is 12.4 Å². The third-order valence-electron chi connectivity index (χ3n) is 2.86. The maximum Gasteiger partial charge on any atom is 0.137 e. The summed E-state index contributed by atoms with van der Waals surface area (Å²) in [7, 11) is 0. The van der Waals surface area contributed by atoms with Crippen molar-refractivity contribution in [2.45, 2.75) is 25.7 Å². The summed E-state index contributed by atoms with van der Waals surface area (Å²) in [6, 6.07) is 4.04. The molecule has 80 valence electrons. The predicted molar refractivity (Wildman–Crippen MR) is 62.3 cm³/mol. The molecule has 3 heteroatoms. The smallest absolute Gasteiger partial charge is 0.137 e. The van der Waals surface area contributed by atoms with E-state index in [4.69, 9.17) is 4.42 Å². The van der Waals surface area contributed by atoms with E-state index in [1.54, 1.807) is 6.20 Å². The van der Waals surface area contributed by atoms with Crippen LogP contribution >= 0.6 is 12.4 Å². The highest BCUT2D eigenvalue weighted by Gasteiger charge is 2.21. The van der Waals surface area contributed by atoms with Gasteiger partial charge in [-0.2, -0.15) is 0 Å². The summed E-state index contributed by atoms with van der Waals surface area (Å²) in [5, 5.41) is 1.12. The third kappa shape index (κ3) is 2.32. The van der Waals surface area contributed by atoms with Gasteiger partial charge in [0, 0.05) is 24.2 Å². The van der Waals surface area contributed by atoms with E-state index >= 15 is 0 Å². The average molecular weight is 224 g/mol. The fourth-order valence-electron chi connectivity index (χ4n) is 1.82. The Balaban J connectivity index is 0.000000853. The molecule has 3 rings (SSSR count). The zero-order valence-electron chi connectivity index (χ0n) is 8.48. The molecular weight excluding hydrogens is 210 g/mol. The molecule has 0 radical (unpaired) electrons. The number of fused-ring (bicyclic) bond motifs is 1. The number of aromatic nitrogens is 1. The lowest BCUT2D eigenvalue weighted by atomic mass is 10.2. The number of nitrogens with zero attached hydrogens (tertiary/aromatic N) is 1. The van der Waals surface area contributed by atoms with Crippen LogP contribution in [0.5, 0.6) is 0 Å². The highest BCUT2D eigenvalue weighted by molar-refractivity contribution is 5.85. The molecule has 1 fully saturated rings. The lowest BCUT2D eigenvalue weighted by molar-refractivity contribution is 0.528. The second kappa shape index (κ2) is 4.23. The first-order valence-corrected chi connectivity index (χ1v) is 5.24. The van der Waals surface area contributed by atoms with E-state index in [1.807, 2.05) is 12.3 Å². The third-order valence-corrected chi connectivity index (χ3v) is 2.86. The van der Waals surface area contributed by atoms with Gasteiger partial charge < -0.3 is 4.42 Å². The van der Waals surface area contributed by atoms with Gasteiger partial charge in [-0.15, -0.1) is 12.4 Å². The SMILES string of the molecule is Cl.c1cc2oc(CCC3CC3)cc2cn1. The van der Waals surface area contributed by atoms with Gasteiger partial charge in [-0.05, 0) is 24.5 Å². The summed E-state index contributed by atoms with van der Waals surface area (Å²) in [6.07, 6.45) is 8.84. The van der Waals surface area contributed by atoms with Gasteiger partial charge in [0.25, 0.3) is 0 Å². The van der Waals surface area contributed by atoms with E-state index in [0.717, 1.165) is 29.1 Å². The largest absolute Gasteiger partial charge is 0.461 e. The van der Waals surface area contributed by atoms with Crippen LogP contribution in [0, 0.1) is 5.92 Å². The molecule has 0 bridgehead atoms. The van der Waals surface area contributed by atoms with Gasteiger partial charge in [-0.3, -0.25) is 4.98 Å². The number of aryl methyl sites for hydroxylation is 1. The fourth-order valence-corrected chi connectivity index (χ4v) is 1.82. The monoisotopic (exact) mass is 223 g/mol. The molecule has 0 unspecified atom stereocenters. The van der Waals surface area contributed by atoms with Crippen LogP contribution in [0.4, 0.5) is 0 Å². The molecule has 0 saturated heterocycles. The van der Waals surface area contributed by atoms with E-state index < -0.39 is 0 Å². The molecule has 0 spiro atoms. The second-order valence-corrected chi connectivity index (χ2v) is 4.11. The van der Waals surface area contributed by atoms with Gasteiger partial charge in [0.15, 0.2) is 0 Å². The molecule has 0 atom stereocenters. The Morgan fingerprint density at radius 3 is 3.00 bits per heavy atom. The van der Waals surface area contributed by atoms with Gasteiger partial charge in [0.1, 0.15) is 11.3 Å². The number of furan rings is 1.